The predicted octanol–water partition coefficient (Wildman–Crippen LogP) is 3.93. The van der Waals surface area contributed by atoms with Crippen molar-refractivity contribution >= 4 is 0 Å². The molecule has 1 aliphatic heterocycles. The van der Waals surface area contributed by atoms with Gasteiger partial charge in [-0.3, -0.25) is 0 Å². The van der Waals surface area contributed by atoms with Crippen LogP contribution in [0.2, 0.25) is 0 Å². The molecule has 0 aliphatic carbocycles. The van der Waals surface area contributed by atoms with Crippen LogP contribution in [-0.2, 0) is 10.9 Å². The Morgan fingerprint density at radius 3 is 2.75 bits per heavy atom. The minimum Gasteiger partial charge on any atom is -0.378 e. The summed E-state index contributed by atoms with van der Waals surface area (Å²) in [5.41, 5.74) is -0.260. The molecule has 2 unspecified atom stereocenters. The van der Waals surface area contributed by atoms with Gasteiger partial charge in [-0.2, -0.15) is 13.2 Å². The molecule has 20 heavy (non-hydrogen) atoms. The molecule has 0 amide bonds. The molecular formula is C15H20F3NO. The minimum atomic E-state index is -4.30. The van der Waals surface area contributed by atoms with Crippen molar-refractivity contribution in [2.75, 3.05) is 13.2 Å². The lowest BCUT2D eigenvalue weighted by Crippen LogP contribution is -2.25. The SMILES string of the molecule is CC(NCCC1CCCO1)c1ccccc1C(F)(F)F. The molecule has 1 heterocycles. The number of alkyl halides is 3. The number of ether oxygens (including phenoxy) is 1. The van der Waals surface area contributed by atoms with Crippen LogP contribution in [0.25, 0.3) is 0 Å². The van der Waals surface area contributed by atoms with Crippen molar-refractivity contribution in [2.45, 2.75) is 44.5 Å². The van der Waals surface area contributed by atoms with Gasteiger partial charge in [-0.25, -0.2) is 0 Å². The van der Waals surface area contributed by atoms with E-state index in [0.29, 0.717) is 12.1 Å². The molecule has 0 saturated carbocycles. The Bertz CT molecular complexity index is 427. The summed E-state index contributed by atoms with van der Waals surface area (Å²) in [6.07, 6.45) is -1.07. The Morgan fingerprint density at radius 1 is 1.35 bits per heavy atom. The number of benzene rings is 1. The number of hydrogen-bond donors (Lipinski definition) is 1. The summed E-state index contributed by atoms with van der Waals surface area (Å²) in [7, 11) is 0. The van der Waals surface area contributed by atoms with Crippen LogP contribution in [0.4, 0.5) is 13.2 Å². The van der Waals surface area contributed by atoms with Crippen LogP contribution in [0.15, 0.2) is 24.3 Å². The number of hydrogen-bond acceptors (Lipinski definition) is 2. The highest BCUT2D eigenvalue weighted by atomic mass is 19.4. The van der Waals surface area contributed by atoms with E-state index in [1.807, 2.05) is 0 Å². The maximum absolute atomic E-state index is 12.9. The smallest absolute Gasteiger partial charge is 0.378 e. The Kier molecular flexibility index (Phi) is 5.05. The summed E-state index contributed by atoms with van der Waals surface area (Å²) in [6.45, 7) is 3.23. The van der Waals surface area contributed by atoms with Gasteiger partial charge in [0.25, 0.3) is 0 Å². The highest BCUT2D eigenvalue weighted by Gasteiger charge is 2.34. The minimum absolute atomic E-state index is 0.257. The molecule has 1 N–H and O–H groups in total. The molecule has 5 heteroatoms. The zero-order chi connectivity index (χ0) is 14.6. The maximum atomic E-state index is 12.9. The number of halogens is 3. The van der Waals surface area contributed by atoms with Gasteiger partial charge in [0.2, 0.25) is 0 Å². The third-order valence-electron chi connectivity index (χ3n) is 3.67. The van der Waals surface area contributed by atoms with Crippen LogP contribution >= 0.6 is 0 Å². The molecule has 112 valence electrons. The fraction of sp³-hybridized carbons (Fsp3) is 0.600. The second-order valence-corrected chi connectivity index (χ2v) is 5.18. The molecule has 0 aromatic heterocycles. The highest BCUT2D eigenvalue weighted by molar-refractivity contribution is 5.32. The highest BCUT2D eigenvalue weighted by Crippen LogP contribution is 2.34. The second kappa shape index (κ2) is 6.59. The van der Waals surface area contributed by atoms with E-state index in [1.165, 1.54) is 12.1 Å². The van der Waals surface area contributed by atoms with Crippen LogP contribution < -0.4 is 5.32 Å². The average Bonchev–Trinajstić information content (AvgIpc) is 2.91. The lowest BCUT2D eigenvalue weighted by atomic mass is 10.0. The first-order valence-electron chi connectivity index (χ1n) is 6.99. The molecule has 1 aromatic rings. The van der Waals surface area contributed by atoms with Gasteiger partial charge in [0.15, 0.2) is 0 Å². The van der Waals surface area contributed by atoms with Crippen molar-refractivity contribution in [2.24, 2.45) is 0 Å². The van der Waals surface area contributed by atoms with E-state index in [-0.39, 0.29) is 12.1 Å². The molecule has 1 fully saturated rings. The van der Waals surface area contributed by atoms with Gasteiger partial charge in [-0.1, -0.05) is 18.2 Å². The first-order chi connectivity index (χ1) is 9.48. The molecule has 0 bridgehead atoms. The summed E-state index contributed by atoms with van der Waals surface area (Å²) < 4.78 is 44.3. The Morgan fingerprint density at radius 2 is 2.10 bits per heavy atom. The molecule has 1 aromatic carbocycles. The molecule has 2 rings (SSSR count). The van der Waals surface area contributed by atoms with Crippen LogP contribution in [-0.4, -0.2) is 19.3 Å². The van der Waals surface area contributed by atoms with Gasteiger partial charge in [0.1, 0.15) is 0 Å². The van der Waals surface area contributed by atoms with Crippen molar-refractivity contribution in [1.29, 1.82) is 0 Å². The summed E-state index contributed by atoms with van der Waals surface area (Å²) in [5.74, 6) is 0. The van der Waals surface area contributed by atoms with E-state index < -0.39 is 11.7 Å². The van der Waals surface area contributed by atoms with Crippen molar-refractivity contribution in [3.8, 4) is 0 Å². The zero-order valence-corrected chi connectivity index (χ0v) is 11.5. The number of rotatable bonds is 5. The van der Waals surface area contributed by atoms with E-state index in [0.717, 1.165) is 31.9 Å². The fourth-order valence-corrected chi connectivity index (χ4v) is 2.58. The molecule has 2 atom stereocenters. The number of nitrogens with one attached hydrogen (secondary N) is 1. The van der Waals surface area contributed by atoms with Gasteiger partial charge < -0.3 is 10.1 Å². The molecule has 0 spiro atoms. The van der Waals surface area contributed by atoms with Gasteiger partial charge in [0, 0.05) is 12.6 Å². The van der Waals surface area contributed by atoms with E-state index in [4.69, 9.17) is 4.74 Å². The third kappa shape index (κ3) is 3.96. The third-order valence-corrected chi connectivity index (χ3v) is 3.67. The Balaban J connectivity index is 1.93. The van der Waals surface area contributed by atoms with E-state index in [9.17, 15) is 13.2 Å². The fourth-order valence-electron chi connectivity index (χ4n) is 2.58. The van der Waals surface area contributed by atoms with Gasteiger partial charge >= 0.3 is 6.18 Å². The Hall–Kier alpha value is -1.07. The van der Waals surface area contributed by atoms with E-state index in [1.54, 1.807) is 13.0 Å². The average molecular weight is 287 g/mol. The monoisotopic (exact) mass is 287 g/mol. The first kappa shape index (κ1) is 15.3. The van der Waals surface area contributed by atoms with E-state index in [2.05, 4.69) is 5.32 Å². The van der Waals surface area contributed by atoms with Crippen LogP contribution in [0.1, 0.15) is 43.4 Å². The normalized spacial score (nSPS) is 21.1. The first-order valence-corrected chi connectivity index (χ1v) is 6.99. The summed E-state index contributed by atoms with van der Waals surface area (Å²) in [6, 6.07) is 5.41. The summed E-state index contributed by atoms with van der Waals surface area (Å²) in [4.78, 5) is 0. The topological polar surface area (TPSA) is 21.3 Å². The zero-order valence-electron chi connectivity index (χ0n) is 11.5. The van der Waals surface area contributed by atoms with Gasteiger partial charge in [-0.05, 0) is 44.4 Å². The summed E-state index contributed by atoms with van der Waals surface area (Å²) in [5, 5.41) is 3.16. The van der Waals surface area contributed by atoms with Gasteiger partial charge in [0.05, 0.1) is 11.7 Å². The standard InChI is InChI=1S/C15H20F3NO/c1-11(19-9-8-12-5-4-10-20-12)13-6-2-3-7-14(13)15(16,17)18/h2-3,6-7,11-12,19H,4-5,8-10H2,1H3. The quantitative estimate of drug-likeness (QED) is 0.886. The van der Waals surface area contributed by atoms with Crippen molar-refractivity contribution in [1.82, 2.24) is 5.32 Å². The molecule has 0 radical (unpaired) electrons. The van der Waals surface area contributed by atoms with Crippen LogP contribution in [0.3, 0.4) is 0 Å². The lowest BCUT2D eigenvalue weighted by molar-refractivity contribution is -0.138. The second-order valence-electron chi connectivity index (χ2n) is 5.18. The van der Waals surface area contributed by atoms with Crippen LogP contribution in [0, 0.1) is 0 Å². The van der Waals surface area contributed by atoms with Gasteiger partial charge in [-0.15, -0.1) is 0 Å². The predicted molar refractivity (Wildman–Crippen MR) is 71.5 cm³/mol. The van der Waals surface area contributed by atoms with Crippen LogP contribution in [0.5, 0.6) is 0 Å². The summed E-state index contributed by atoms with van der Waals surface area (Å²) >= 11 is 0. The molecule has 1 aliphatic rings. The maximum Gasteiger partial charge on any atom is 0.416 e. The van der Waals surface area contributed by atoms with Crippen molar-refractivity contribution < 1.29 is 17.9 Å². The van der Waals surface area contributed by atoms with E-state index >= 15 is 0 Å². The molecular weight excluding hydrogens is 267 g/mol. The lowest BCUT2D eigenvalue weighted by Gasteiger charge is -2.20. The molecule has 2 nitrogen and oxygen atoms in total. The largest absolute Gasteiger partial charge is 0.416 e. The molecule has 1 saturated heterocycles. The van der Waals surface area contributed by atoms with Crippen molar-refractivity contribution in [3.63, 3.8) is 0 Å². The van der Waals surface area contributed by atoms with Crippen molar-refractivity contribution in [3.05, 3.63) is 35.4 Å². The Labute approximate surface area is 117 Å².